The summed E-state index contributed by atoms with van der Waals surface area (Å²) in [5, 5.41) is 16.3. The zero-order valence-electron chi connectivity index (χ0n) is 21.6. The molecule has 1 fully saturated rings. The molecule has 12 nitrogen and oxygen atoms in total. The average molecular weight is 524 g/mol. The summed E-state index contributed by atoms with van der Waals surface area (Å²) >= 11 is 0. The maximum atomic E-state index is 12.8. The number of rotatable bonds is 11. The number of nitrogens with zero attached hydrogens (tertiary/aromatic N) is 2. The van der Waals surface area contributed by atoms with E-state index < -0.39 is 29.5 Å². The molecule has 0 aliphatic carbocycles. The van der Waals surface area contributed by atoms with Gasteiger partial charge >= 0.3 is 23.9 Å². The first-order chi connectivity index (χ1) is 17.5. The molecular formula is C25H37N3O9. The summed E-state index contributed by atoms with van der Waals surface area (Å²) < 4.78 is 9.80. The molecule has 1 aliphatic heterocycles. The highest BCUT2D eigenvalue weighted by atomic mass is 16.5. The molecule has 2 rings (SSSR count). The summed E-state index contributed by atoms with van der Waals surface area (Å²) in [5.74, 6) is -2.97. The van der Waals surface area contributed by atoms with Crippen LogP contribution in [0.4, 0.5) is 5.69 Å². The Labute approximate surface area is 216 Å². The number of carboxylic acids is 2. The predicted octanol–water partition coefficient (Wildman–Crippen LogP) is 1.26. The van der Waals surface area contributed by atoms with Crippen molar-refractivity contribution in [2.45, 2.75) is 57.0 Å². The minimum atomic E-state index is -1.17. The van der Waals surface area contributed by atoms with E-state index in [1.54, 1.807) is 11.8 Å². The first-order valence-electron chi connectivity index (χ1n) is 12.0. The number of nitrogens with two attached hydrogens (primary N) is 1. The van der Waals surface area contributed by atoms with Gasteiger partial charge in [-0.25, -0.2) is 4.79 Å². The van der Waals surface area contributed by atoms with Crippen LogP contribution in [0.25, 0.3) is 0 Å². The van der Waals surface area contributed by atoms with E-state index in [0.717, 1.165) is 0 Å². The number of amides is 1. The largest absolute Gasteiger partial charge is 0.481 e. The van der Waals surface area contributed by atoms with E-state index in [1.807, 2.05) is 30.3 Å². The van der Waals surface area contributed by atoms with Gasteiger partial charge in [-0.1, -0.05) is 25.1 Å². The van der Waals surface area contributed by atoms with E-state index in [9.17, 15) is 24.0 Å². The molecule has 1 aromatic carbocycles. The number of ether oxygens (including phenoxy) is 2. The van der Waals surface area contributed by atoms with Crippen LogP contribution >= 0.6 is 0 Å². The van der Waals surface area contributed by atoms with Gasteiger partial charge in [0.2, 0.25) is 5.91 Å². The Morgan fingerprint density at radius 1 is 1.03 bits per heavy atom. The van der Waals surface area contributed by atoms with E-state index in [2.05, 4.69) is 9.64 Å². The highest BCUT2D eigenvalue weighted by molar-refractivity contribution is 6.02. The number of likely N-dealkylation sites (tertiary alicyclic amines) is 1. The zero-order valence-corrected chi connectivity index (χ0v) is 21.6. The van der Waals surface area contributed by atoms with E-state index in [0.29, 0.717) is 51.0 Å². The van der Waals surface area contributed by atoms with Crippen LogP contribution in [0.3, 0.4) is 0 Å². The van der Waals surface area contributed by atoms with Crippen molar-refractivity contribution in [3.8, 4) is 0 Å². The van der Waals surface area contributed by atoms with Gasteiger partial charge in [0.25, 0.3) is 0 Å². The number of para-hydroxylation sites is 1. The molecule has 1 unspecified atom stereocenters. The monoisotopic (exact) mass is 523 g/mol. The minimum absolute atomic E-state index is 0.0231. The second-order valence-electron chi connectivity index (χ2n) is 8.49. The highest BCUT2D eigenvalue weighted by Gasteiger charge is 2.49. The lowest BCUT2D eigenvalue weighted by molar-refractivity contribution is -0.151. The van der Waals surface area contributed by atoms with Crippen LogP contribution < -0.4 is 10.6 Å². The first kappa shape index (κ1) is 31.5. The number of anilines is 1. The van der Waals surface area contributed by atoms with E-state index in [-0.39, 0.29) is 24.7 Å². The van der Waals surface area contributed by atoms with Gasteiger partial charge in [-0.05, 0) is 31.4 Å². The molecule has 0 aromatic heterocycles. The van der Waals surface area contributed by atoms with Gasteiger partial charge in [-0.3, -0.25) is 24.1 Å². The Bertz CT molecular complexity index is 915. The van der Waals surface area contributed by atoms with Crippen molar-refractivity contribution in [1.29, 1.82) is 0 Å². The molecule has 0 spiro atoms. The van der Waals surface area contributed by atoms with Crippen LogP contribution in [0.5, 0.6) is 0 Å². The topological polar surface area (TPSA) is 177 Å². The molecule has 1 saturated heterocycles. The molecule has 206 valence electrons. The number of aliphatic carboxylic acids is 2. The van der Waals surface area contributed by atoms with Crippen molar-refractivity contribution in [3.05, 3.63) is 30.3 Å². The predicted molar refractivity (Wildman–Crippen MR) is 134 cm³/mol. The number of carbonyl (C=O) groups excluding carboxylic acids is 3. The molecule has 1 heterocycles. The second kappa shape index (κ2) is 15.6. The third-order valence-electron chi connectivity index (χ3n) is 6.09. The maximum absolute atomic E-state index is 12.8. The van der Waals surface area contributed by atoms with Crippen LogP contribution in [0.2, 0.25) is 0 Å². The lowest BCUT2D eigenvalue weighted by Crippen LogP contribution is -2.62. The standard InChI is InChI=1S/C20H28N2O5.C5H9NO4/c1-4-17(23)22(16-8-6-5-7-9-16)20(19(25)27-3)11-14-21(15-12-20)13-10-18(24)26-2;6-3(5(9)10)1-2-4(7)8/h5-9H,4,10-15H2,1-3H3;3H,1-2,6H2,(H,7,8)(H,9,10). The molecule has 1 amide bonds. The summed E-state index contributed by atoms with van der Waals surface area (Å²) in [6, 6.07) is 8.18. The fourth-order valence-corrected chi connectivity index (χ4v) is 3.97. The van der Waals surface area contributed by atoms with Crippen molar-refractivity contribution in [2.75, 3.05) is 38.8 Å². The van der Waals surface area contributed by atoms with E-state index >= 15 is 0 Å². The summed E-state index contributed by atoms with van der Waals surface area (Å²) in [6.07, 6.45) is 1.26. The van der Waals surface area contributed by atoms with Crippen LogP contribution in [0.1, 0.15) is 45.4 Å². The molecule has 1 atom stereocenters. The number of benzene rings is 1. The Balaban J connectivity index is 0.000000580. The third-order valence-corrected chi connectivity index (χ3v) is 6.09. The number of hydrogen-bond donors (Lipinski definition) is 3. The van der Waals surface area contributed by atoms with Gasteiger partial charge in [0.1, 0.15) is 11.6 Å². The van der Waals surface area contributed by atoms with Crippen molar-refractivity contribution in [3.63, 3.8) is 0 Å². The third kappa shape index (κ3) is 9.47. The molecule has 1 aromatic rings. The molecule has 37 heavy (non-hydrogen) atoms. The summed E-state index contributed by atoms with van der Waals surface area (Å²) in [6.45, 7) is 3.53. The van der Waals surface area contributed by atoms with Gasteiger partial charge in [-0.15, -0.1) is 0 Å². The van der Waals surface area contributed by atoms with Crippen molar-refractivity contribution in [2.24, 2.45) is 5.73 Å². The van der Waals surface area contributed by atoms with E-state index in [4.69, 9.17) is 20.7 Å². The van der Waals surface area contributed by atoms with E-state index in [1.165, 1.54) is 14.2 Å². The molecular weight excluding hydrogens is 486 g/mol. The fourth-order valence-electron chi connectivity index (χ4n) is 3.97. The maximum Gasteiger partial charge on any atom is 0.332 e. The average Bonchev–Trinajstić information content (AvgIpc) is 2.91. The number of esters is 2. The lowest BCUT2D eigenvalue weighted by Gasteiger charge is -2.46. The number of carboxylic acid groups (broad SMARTS) is 2. The number of carbonyl (C=O) groups is 5. The molecule has 0 bridgehead atoms. The molecule has 1 aliphatic rings. The van der Waals surface area contributed by atoms with Gasteiger partial charge < -0.3 is 30.3 Å². The smallest absolute Gasteiger partial charge is 0.332 e. The Hall–Kier alpha value is -3.51. The molecule has 12 heteroatoms. The Morgan fingerprint density at radius 3 is 2.08 bits per heavy atom. The van der Waals surface area contributed by atoms with Gasteiger partial charge in [0, 0.05) is 38.2 Å². The molecule has 0 saturated carbocycles. The van der Waals surface area contributed by atoms with Crippen molar-refractivity contribution in [1.82, 2.24) is 4.90 Å². The van der Waals surface area contributed by atoms with Crippen LogP contribution in [-0.2, 0) is 33.4 Å². The zero-order chi connectivity index (χ0) is 28.0. The lowest BCUT2D eigenvalue weighted by atomic mass is 9.84. The fraction of sp³-hybridized carbons (Fsp3) is 0.560. The second-order valence-corrected chi connectivity index (χ2v) is 8.49. The van der Waals surface area contributed by atoms with Crippen LogP contribution in [0.15, 0.2) is 30.3 Å². The van der Waals surface area contributed by atoms with Crippen molar-refractivity contribution >= 4 is 35.5 Å². The Morgan fingerprint density at radius 2 is 1.62 bits per heavy atom. The van der Waals surface area contributed by atoms with Gasteiger partial charge in [0.05, 0.1) is 20.6 Å². The summed E-state index contributed by atoms with van der Waals surface area (Å²) in [7, 11) is 2.72. The van der Waals surface area contributed by atoms with Crippen LogP contribution in [0, 0.1) is 0 Å². The minimum Gasteiger partial charge on any atom is -0.481 e. The highest BCUT2D eigenvalue weighted by Crippen LogP contribution is 2.35. The Kier molecular flexibility index (Phi) is 13.3. The SMILES string of the molecule is CCC(=O)N(c1ccccc1)C1(C(=O)OC)CCN(CCC(=O)OC)CC1.NC(CCC(=O)O)C(=O)O. The summed E-state index contributed by atoms with van der Waals surface area (Å²) in [4.78, 5) is 60.6. The van der Waals surface area contributed by atoms with Crippen molar-refractivity contribution < 1.29 is 43.7 Å². The van der Waals surface area contributed by atoms with Gasteiger partial charge in [0.15, 0.2) is 0 Å². The van der Waals surface area contributed by atoms with Crippen LogP contribution in [-0.4, -0.2) is 90.3 Å². The number of methoxy groups -OCH3 is 2. The first-order valence-corrected chi connectivity index (χ1v) is 12.0. The number of piperidine rings is 1. The summed E-state index contributed by atoms with van der Waals surface area (Å²) in [5.41, 5.74) is 4.66. The molecule has 4 N–H and O–H groups in total. The van der Waals surface area contributed by atoms with Gasteiger partial charge in [-0.2, -0.15) is 0 Å². The quantitative estimate of drug-likeness (QED) is 0.356. The number of hydrogen-bond acceptors (Lipinski definition) is 9. The normalized spacial score (nSPS) is 15.4. The molecule has 0 radical (unpaired) electrons.